The minimum atomic E-state index is -4.32. The zero-order valence-corrected chi connectivity index (χ0v) is 9.24. The zero-order valence-electron chi connectivity index (χ0n) is 8.42. The molecule has 1 aromatic rings. The molecule has 0 aliphatic carbocycles. The van der Waals surface area contributed by atoms with Crippen LogP contribution in [0.15, 0.2) is 16.8 Å². The third-order valence-corrected chi connectivity index (χ3v) is 2.50. The van der Waals surface area contributed by atoms with E-state index in [9.17, 15) is 18.0 Å². The highest BCUT2D eigenvalue weighted by Crippen LogP contribution is 2.14. The van der Waals surface area contributed by atoms with Crippen molar-refractivity contribution in [3.63, 3.8) is 0 Å². The van der Waals surface area contributed by atoms with Gasteiger partial charge in [0.25, 0.3) is 0 Å². The van der Waals surface area contributed by atoms with Crippen LogP contribution in [0.4, 0.5) is 13.2 Å². The molecule has 0 aliphatic rings. The van der Waals surface area contributed by atoms with Crippen LogP contribution in [-0.4, -0.2) is 25.2 Å². The molecule has 0 aromatic carbocycles. The first-order chi connectivity index (χ1) is 7.47. The summed E-state index contributed by atoms with van der Waals surface area (Å²) in [7, 11) is 0. The monoisotopic (exact) mass is 252 g/mol. The number of alkyl halides is 3. The second kappa shape index (κ2) is 6.00. The molecule has 16 heavy (non-hydrogen) atoms. The molecule has 0 atom stereocenters. The number of hydrogen-bond acceptors (Lipinski definition) is 3. The Morgan fingerprint density at radius 2 is 2.19 bits per heavy atom. The van der Waals surface area contributed by atoms with Gasteiger partial charge < -0.3 is 4.74 Å². The van der Waals surface area contributed by atoms with E-state index < -0.39 is 12.8 Å². The molecule has 0 unspecified atom stereocenters. The van der Waals surface area contributed by atoms with Gasteiger partial charge >= 0.3 is 6.18 Å². The summed E-state index contributed by atoms with van der Waals surface area (Å²) >= 11 is 1.48. The van der Waals surface area contributed by atoms with Crippen LogP contribution in [0.2, 0.25) is 0 Å². The third-order valence-electron chi connectivity index (χ3n) is 1.77. The summed E-state index contributed by atoms with van der Waals surface area (Å²) in [6.07, 6.45) is -4.04. The molecule has 1 aromatic heterocycles. The van der Waals surface area contributed by atoms with Crippen molar-refractivity contribution in [1.29, 1.82) is 0 Å². The maximum Gasteiger partial charge on any atom is 0.411 e. The van der Waals surface area contributed by atoms with Crippen molar-refractivity contribution >= 4 is 17.1 Å². The molecule has 0 fully saturated rings. The van der Waals surface area contributed by atoms with E-state index in [0.29, 0.717) is 0 Å². The Morgan fingerprint density at radius 1 is 1.44 bits per heavy atom. The van der Waals surface area contributed by atoms with Crippen LogP contribution in [0.25, 0.3) is 0 Å². The van der Waals surface area contributed by atoms with E-state index in [4.69, 9.17) is 0 Å². The van der Waals surface area contributed by atoms with Crippen LogP contribution in [-0.2, 0) is 16.0 Å². The number of halogens is 3. The predicted molar refractivity (Wildman–Crippen MR) is 54.5 cm³/mol. The molecule has 0 saturated carbocycles. The van der Waals surface area contributed by atoms with Gasteiger partial charge in [0, 0.05) is 12.8 Å². The molecule has 0 spiro atoms. The van der Waals surface area contributed by atoms with Crippen LogP contribution < -0.4 is 0 Å². The van der Waals surface area contributed by atoms with Crippen LogP contribution in [0, 0.1) is 0 Å². The zero-order chi connectivity index (χ0) is 12.0. The highest BCUT2D eigenvalue weighted by Gasteiger charge is 2.27. The van der Waals surface area contributed by atoms with Crippen LogP contribution in [0.1, 0.15) is 12.0 Å². The summed E-state index contributed by atoms with van der Waals surface area (Å²) in [4.78, 5) is 11.3. The van der Waals surface area contributed by atoms with Gasteiger partial charge in [-0.15, -0.1) is 0 Å². The summed E-state index contributed by atoms with van der Waals surface area (Å²) < 4.78 is 39.4. The number of carbonyl (C=O) groups is 1. The molecule has 1 rings (SSSR count). The number of hydrogen-bond donors (Lipinski definition) is 0. The van der Waals surface area contributed by atoms with Crippen molar-refractivity contribution < 1.29 is 22.7 Å². The standard InChI is InChI=1S/C10H11F3O2S/c11-10(12,13)7-15-3-1-9(14)5-8-2-4-16-6-8/h2,4,6H,1,3,5,7H2. The third kappa shape index (κ3) is 5.87. The van der Waals surface area contributed by atoms with Gasteiger partial charge in [0.05, 0.1) is 6.61 Å². The molecule has 0 saturated heterocycles. The van der Waals surface area contributed by atoms with Crippen molar-refractivity contribution in [3.05, 3.63) is 22.4 Å². The molecule has 0 bridgehead atoms. The number of thiophene rings is 1. The lowest BCUT2D eigenvalue weighted by atomic mass is 10.1. The molecule has 90 valence electrons. The van der Waals surface area contributed by atoms with Crippen molar-refractivity contribution in [2.75, 3.05) is 13.2 Å². The second-order valence-corrected chi connectivity index (χ2v) is 4.04. The lowest BCUT2D eigenvalue weighted by Gasteiger charge is -2.06. The Morgan fingerprint density at radius 3 is 2.75 bits per heavy atom. The van der Waals surface area contributed by atoms with Crippen LogP contribution in [0.5, 0.6) is 0 Å². The largest absolute Gasteiger partial charge is 0.411 e. The predicted octanol–water partition coefficient (Wildman–Crippen LogP) is 2.83. The smallest absolute Gasteiger partial charge is 0.372 e. The molecular formula is C10H11F3O2S. The number of ether oxygens (including phenoxy) is 1. The van der Waals surface area contributed by atoms with Gasteiger partial charge in [-0.2, -0.15) is 24.5 Å². The average Bonchev–Trinajstić information content (AvgIpc) is 2.63. The number of rotatable bonds is 6. The van der Waals surface area contributed by atoms with Gasteiger partial charge in [0.1, 0.15) is 12.4 Å². The summed E-state index contributed by atoms with van der Waals surface area (Å²) in [6.45, 7) is -1.47. The average molecular weight is 252 g/mol. The Kier molecular flexibility index (Phi) is 4.95. The molecule has 0 radical (unpaired) electrons. The van der Waals surface area contributed by atoms with E-state index in [2.05, 4.69) is 4.74 Å². The van der Waals surface area contributed by atoms with Gasteiger partial charge in [-0.1, -0.05) is 0 Å². The van der Waals surface area contributed by atoms with Gasteiger partial charge in [-0.05, 0) is 22.4 Å². The topological polar surface area (TPSA) is 26.3 Å². The minimum absolute atomic E-state index is 0.0198. The lowest BCUT2D eigenvalue weighted by molar-refractivity contribution is -0.174. The Labute approximate surface area is 95.0 Å². The highest BCUT2D eigenvalue weighted by atomic mass is 32.1. The maximum absolute atomic E-state index is 11.7. The first-order valence-electron chi connectivity index (χ1n) is 4.64. The fourth-order valence-corrected chi connectivity index (χ4v) is 1.75. The quantitative estimate of drug-likeness (QED) is 0.728. The summed E-state index contributed by atoms with van der Waals surface area (Å²) in [5.41, 5.74) is 0.894. The van der Waals surface area contributed by atoms with Gasteiger partial charge in [-0.3, -0.25) is 4.79 Å². The fraction of sp³-hybridized carbons (Fsp3) is 0.500. The Hall–Kier alpha value is -0.880. The van der Waals surface area contributed by atoms with Gasteiger partial charge in [0.2, 0.25) is 0 Å². The van der Waals surface area contributed by atoms with Crippen LogP contribution >= 0.6 is 11.3 Å². The van der Waals surface area contributed by atoms with E-state index in [1.807, 2.05) is 16.8 Å². The van der Waals surface area contributed by atoms with Gasteiger partial charge in [-0.25, -0.2) is 0 Å². The summed E-state index contributed by atoms with van der Waals surface area (Å²) in [5.74, 6) is -0.111. The number of Topliss-reactive ketones (excluding diaryl/α,β-unsaturated/α-hetero) is 1. The minimum Gasteiger partial charge on any atom is -0.372 e. The molecule has 0 aliphatic heterocycles. The van der Waals surface area contributed by atoms with Crippen molar-refractivity contribution in [1.82, 2.24) is 0 Å². The van der Waals surface area contributed by atoms with E-state index in [1.54, 1.807) is 0 Å². The van der Waals surface area contributed by atoms with Crippen LogP contribution in [0.3, 0.4) is 0 Å². The Bertz CT molecular complexity index is 319. The summed E-state index contributed by atoms with van der Waals surface area (Å²) in [5, 5.41) is 3.69. The number of ketones is 1. The maximum atomic E-state index is 11.7. The van der Waals surface area contributed by atoms with E-state index in [-0.39, 0.29) is 25.2 Å². The first kappa shape index (κ1) is 13.2. The van der Waals surface area contributed by atoms with E-state index in [1.165, 1.54) is 11.3 Å². The molecule has 1 heterocycles. The first-order valence-corrected chi connectivity index (χ1v) is 5.59. The van der Waals surface area contributed by atoms with E-state index >= 15 is 0 Å². The Balaban J connectivity index is 2.12. The van der Waals surface area contributed by atoms with Crippen molar-refractivity contribution in [3.8, 4) is 0 Å². The molecule has 0 amide bonds. The molecule has 6 heteroatoms. The molecule has 0 N–H and O–H groups in total. The lowest BCUT2D eigenvalue weighted by Crippen LogP contribution is -2.18. The fourth-order valence-electron chi connectivity index (χ4n) is 1.08. The summed E-state index contributed by atoms with van der Waals surface area (Å²) in [6, 6.07) is 1.82. The number of carbonyl (C=O) groups excluding carboxylic acids is 1. The van der Waals surface area contributed by atoms with Crippen molar-refractivity contribution in [2.45, 2.75) is 19.0 Å². The van der Waals surface area contributed by atoms with E-state index in [0.717, 1.165) is 5.56 Å². The highest BCUT2D eigenvalue weighted by molar-refractivity contribution is 7.07. The molecular weight excluding hydrogens is 241 g/mol. The van der Waals surface area contributed by atoms with Gasteiger partial charge in [0.15, 0.2) is 0 Å². The normalized spacial score (nSPS) is 11.7. The van der Waals surface area contributed by atoms with Crippen molar-refractivity contribution in [2.24, 2.45) is 0 Å². The SMILES string of the molecule is O=C(CCOCC(F)(F)F)Cc1ccsc1. The molecule has 2 nitrogen and oxygen atoms in total. The second-order valence-electron chi connectivity index (χ2n) is 3.26.